The summed E-state index contributed by atoms with van der Waals surface area (Å²) < 4.78 is 25.8. The molecule has 0 bridgehead atoms. The summed E-state index contributed by atoms with van der Waals surface area (Å²) in [6.07, 6.45) is 2.85. The van der Waals surface area contributed by atoms with Gasteiger partial charge in [0, 0.05) is 17.9 Å². The molecule has 0 aliphatic heterocycles. The van der Waals surface area contributed by atoms with E-state index >= 15 is 0 Å². The van der Waals surface area contributed by atoms with Crippen LogP contribution in [0.3, 0.4) is 0 Å². The minimum absolute atomic E-state index is 0.0293. The molecule has 0 spiro atoms. The van der Waals surface area contributed by atoms with Gasteiger partial charge >= 0.3 is 0 Å². The number of imidazole rings is 1. The van der Waals surface area contributed by atoms with Crippen molar-refractivity contribution in [3.05, 3.63) is 24.0 Å². The molecular formula is C10H15N5O2S. The van der Waals surface area contributed by atoms with Crippen LogP contribution >= 0.6 is 0 Å². The second-order valence-electron chi connectivity index (χ2n) is 4.35. The van der Waals surface area contributed by atoms with E-state index in [1.54, 1.807) is 11.6 Å². The zero-order chi connectivity index (χ0) is 13.3. The largest absolute Gasteiger partial charge is 0.333 e. The summed E-state index contributed by atoms with van der Waals surface area (Å²) in [6.45, 7) is 5.59. The van der Waals surface area contributed by atoms with Crippen LogP contribution in [-0.4, -0.2) is 33.2 Å². The number of aromatic nitrogens is 5. The molecule has 2 rings (SSSR count). The lowest BCUT2D eigenvalue weighted by Gasteiger charge is -2.08. The molecule has 8 heteroatoms. The number of rotatable bonds is 4. The lowest BCUT2D eigenvalue weighted by molar-refractivity contribution is 0.510. The normalized spacial score (nSPS) is 12.2. The second-order valence-corrected chi connectivity index (χ2v) is 6.25. The molecule has 0 amide bonds. The average Bonchev–Trinajstić information content (AvgIpc) is 2.86. The molecular weight excluding hydrogens is 254 g/mol. The molecule has 0 aromatic carbocycles. The molecule has 0 atom stereocenters. The maximum absolute atomic E-state index is 12.1. The molecule has 98 valence electrons. The summed E-state index contributed by atoms with van der Waals surface area (Å²) in [5.74, 6) is 0.206. The summed E-state index contributed by atoms with van der Waals surface area (Å²) in [6, 6.07) is 0.0658. The number of hydrogen-bond donors (Lipinski definition) is 1. The molecule has 0 saturated heterocycles. The predicted molar refractivity (Wildman–Crippen MR) is 64.6 cm³/mol. The number of aromatic amines is 1. The van der Waals surface area contributed by atoms with E-state index in [-0.39, 0.29) is 17.0 Å². The van der Waals surface area contributed by atoms with Gasteiger partial charge in [-0.25, -0.2) is 23.1 Å². The first-order chi connectivity index (χ1) is 8.40. The quantitative estimate of drug-likeness (QED) is 0.888. The van der Waals surface area contributed by atoms with Gasteiger partial charge in [-0.1, -0.05) is 0 Å². The van der Waals surface area contributed by atoms with Crippen molar-refractivity contribution in [2.75, 3.05) is 0 Å². The maximum atomic E-state index is 12.1. The monoisotopic (exact) mass is 269 g/mol. The van der Waals surface area contributed by atoms with Gasteiger partial charge in [0.05, 0.1) is 0 Å². The Labute approximate surface area is 105 Å². The van der Waals surface area contributed by atoms with E-state index in [1.807, 2.05) is 13.8 Å². The number of sulfone groups is 1. The predicted octanol–water partition coefficient (Wildman–Crippen LogP) is 0.864. The number of nitrogens with one attached hydrogen (secondary N) is 1. The Bertz CT molecular complexity index is 641. The highest BCUT2D eigenvalue weighted by molar-refractivity contribution is 7.90. The first kappa shape index (κ1) is 12.7. The van der Waals surface area contributed by atoms with Gasteiger partial charge in [-0.05, 0) is 20.8 Å². The van der Waals surface area contributed by atoms with E-state index in [0.29, 0.717) is 11.5 Å². The van der Waals surface area contributed by atoms with E-state index in [4.69, 9.17) is 0 Å². The van der Waals surface area contributed by atoms with E-state index in [1.165, 1.54) is 12.5 Å². The SMILES string of the molecule is Cc1cnc(S(=O)(=O)Cc2ncnn2C(C)C)[nH]1. The van der Waals surface area contributed by atoms with Gasteiger partial charge in [-0.2, -0.15) is 5.10 Å². The molecule has 2 aromatic rings. The van der Waals surface area contributed by atoms with Crippen molar-refractivity contribution in [3.8, 4) is 0 Å². The van der Waals surface area contributed by atoms with Crippen LogP contribution in [0.1, 0.15) is 31.4 Å². The van der Waals surface area contributed by atoms with Gasteiger partial charge in [0.2, 0.25) is 15.0 Å². The summed E-state index contributed by atoms with van der Waals surface area (Å²) >= 11 is 0. The van der Waals surface area contributed by atoms with Crippen molar-refractivity contribution < 1.29 is 8.42 Å². The van der Waals surface area contributed by atoms with Gasteiger partial charge in [-0.15, -0.1) is 0 Å². The number of nitrogens with zero attached hydrogens (tertiary/aromatic N) is 4. The minimum atomic E-state index is -3.51. The van der Waals surface area contributed by atoms with Gasteiger partial charge < -0.3 is 4.98 Å². The standard InChI is InChI=1S/C10H15N5O2S/c1-7(2)15-9(12-6-13-15)5-18(16,17)10-11-4-8(3)14-10/h4,6-7H,5H2,1-3H3,(H,11,14). The van der Waals surface area contributed by atoms with Gasteiger partial charge in [0.15, 0.2) is 0 Å². The van der Waals surface area contributed by atoms with Gasteiger partial charge in [0.1, 0.15) is 17.9 Å². The van der Waals surface area contributed by atoms with Crippen LogP contribution in [0.4, 0.5) is 0 Å². The maximum Gasteiger partial charge on any atom is 0.225 e. The molecule has 0 unspecified atom stereocenters. The first-order valence-electron chi connectivity index (χ1n) is 5.53. The van der Waals surface area contributed by atoms with E-state index in [9.17, 15) is 8.42 Å². The van der Waals surface area contributed by atoms with Crippen LogP contribution in [0.2, 0.25) is 0 Å². The van der Waals surface area contributed by atoms with Gasteiger partial charge in [-0.3, -0.25) is 0 Å². The van der Waals surface area contributed by atoms with Crippen LogP contribution in [0.5, 0.6) is 0 Å². The molecule has 0 aliphatic carbocycles. The molecule has 2 aromatic heterocycles. The zero-order valence-corrected chi connectivity index (χ0v) is 11.3. The molecule has 0 saturated carbocycles. The van der Waals surface area contributed by atoms with Crippen LogP contribution in [0.25, 0.3) is 0 Å². The smallest absolute Gasteiger partial charge is 0.225 e. The van der Waals surface area contributed by atoms with Crippen molar-refractivity contribution in [1.82, 2.24) is 24.7 Å². The minimum Gasteiger partial charge on any atom is -0.333 e. The highest BCUT2D eigenvalue weighted by Crippen LogP contribution is 2.14. The fourth-order valence-electron chi connectivity index (χ4n) is 1.59. The second kappa shape index (κ2) is 4.52. The molecule has 7 nitrogen and oxygen atoms in total. The number of hydrogen-bond acceptors (Lipinski definition) is 5. The van der Waals surface area contributed by atoms with Crippen molar-refractivity contribution in [3.63, 3.8) is 0 Å². The fraction of sp³-hybridized carbons (Fsp3) is 0.500. The Kier molecular flexibility index (Phi) is 3.20. The van der Waals surface area contributed by atoms with E-state index in [0.717, 1.165) is 0 Å². The summed E-state index contributed by atoms with van der Waals surface area (Å²) in [5, 5.41) is 3.98. The lowest BCUT2D eigenvalue weighted by Crippen LogP contribution is -2.14. The Morgan fingerprint density at radius 3 is 2.67 bits per heavy atom. The van der Waals surface area contributed by atoms with Crippen molar-refractivity contribution in [1.29, 1.82) is 0 Å². The molecule has 1 N–H and O–H groups in total. The van der Waals surface area contributed by atoms with Crippen molar-refractivity contribution in [2.24, 2.45) is 0 Å². The number of aryl methyl sites for hydroxylation is 1. The molecule has 2 heterocycles. The molecule has 0 fully saturated rings. The topological polar surface area (TPSA) is 93.5 Å². The molecule has 18 heavy (non-hydrogen) atoms. The highest BCUT2D eigenvalue weighted by Gasteiger charge is 2.22. The first-order valence-corrected chi connectivity index (χ1v) is 7.18. The van der Waals surface area contributed by atoms with Crippen molar-refractivity contribution >= 4 is 9.84 Å². The third kappa shape index (κ3) is 2.42. The van der Waals surface area contributed by atoms with Crippen LogP contribution < -0.4 is 0 Å². The Balaban J connectivity index is 2.31. The summed E-state index contributed by atoms with van der Waals surface area (Å²) in [7, 11) is -3.51. The lowest BCUT2D eigenvalue weighted by atomic mass is 10.4. The molecule has 0 aliphatic rings. The van der Waals surface area contributed by atoms with E-state index < -0.39 is 9.84 Å². The Morgan fingerprint density at radius 1 is 1.39 bits per heavy atom. The zero-order valence-electron chi connectivity index (χ0n) is 10.5. The Hall–Kier alpha value is -1.70. The third-order valence-electron chi connectivity index (χ3n) is 2.43. The summed E-state index contributed by atoms with van der Waals surface area (Å²) in [4.78, 5) is 10.5. The summed E-state index contributed by atoms with van der Waals surface area (Å²) in [5.41, 5.74) is 0.707. The highest BCUT2D eigenvalue weighted by atomic mass is 32.2. The van der Waals surface area contributed by atoms with Crippen LogP contribution in [0.15, 0.2) is 17.7 Å². The van der Waals surface area contributed by atoms with E-state index in [2.05, 4.69) is 20.1 Å². The van der Waals surface area contributed by atoms with Gasteiger partial charge in [0.25, 0.3) is 0 Å². The Morgan fingerprint density at radius 2 is 2.11 bits per heavy atom. The van der Waals surface area contributed by atoms with Crippen LogP contribution in [0, 0.1) is 6.92 Å². The third-order valence-corrected chi connectivity index (χ3v) is 3.86. The number of H-pyrrole nitrogens is 1. The molecule has 0 radical (unpaired) electrons. The average molecular weight is 269 g/mol. The van der Waals surface area contributed by atoms with Crippen LogP contribution in [-0.2, 0) is 15.6 Å². The van der Waals surface area contributed by atoms with Crippen molar-refractivity contribution in [2.45, 2.75) is 37.7 Å². The fourth-order valence-corrected chi connectivity index (χ4v) is 2.81.